The third kappa shape index (κ3) is 4.60. The minimum Gasteiger partial charge on any atom is -0.465 e. The number of nitrogens with one attached hydrogen (secondary N) is 2. The fourth-order valence-corrected chi connectivity index (χ4v) is 2.20. The molecule has 0 saturated heterocycles. The van der Waals surface area contributed by atoms with Gasteiger partial charge in [0, 0.05) is 16.7 Å². The summed E-state index contributed by atoms with van der Waals surface area (Å²) in [4.78, 5) is 23.1. The monoisotopic (exact) mass is 362 g/mol. The summed E-state index contributed by atoms with van der Waals surface area (Å²) < 4.78 is 5.52. The average molecular weight is 363 g/mol. The molecule has 0 unspecified atom stereocenters. The highest BCUT2D eigenvalue weighted by molar-refractivity contribution is 9.10. The highest BCUT2D eigenvalue weighted by Crippen LogP contribution is 2.15. The van der Waals surface area contributed by atoms with Crippen LogP contribution >= 0.6 is 15.9 Å². The van der Waals surface area contributed by atoms with Gasteiger partial charge in [0.2, 0.25) is 0 Å². The maximum Gasteiger partial charge on any atom is 0.337 e. The number of urea groups is 1. The van der Waals surface area contributed by atoms with E-state index >= 15 is 0 Å². The van der Waals surface area contributed by atoms with Crippen LogP contribution in [0.15, 0.2) is 53.0 Å². The van der Waals surface area contributed by atoms with Crippen LogP contribution in [-0.4, -0.2) is 19.1 Å². The number of hydrogen-bond acceptors (Lipinski definition) is 3. The van der Waals surface area contributed by atoms with Crippen molar-refractivity contribution in [3.63, 3.8) is 0 Å². The second-order valence-corrected chi connectivity index (χ2v) is 5.42. The van der Waals surface area contributed by atoms with Crippen molar-refractivity contribution in [3.05, 3.63) is 64.1 Å². The Hall–Kier alpha value is -2.34. The number of carbonyl (C=O) groups excluding carboxylic acids is 2. The SMILES string of the molecule is COC(=O)c1ccc(CNC(=O)Nc2cccc(Br)c2)cc1. The van der Waals surface area contributed by atoms with E-state index in [2.05, 4.69) is 31.3 Å². The van der Waals surface area contributed by atoms with Crippen molar-refractivity contribution < 1.29 is 14.3 Å². The average Bonchev–Trinajstić information content (AvgIpc) is 2.52. The predicted octanol–water partition coefficient (Wildman–Crippen LogP) is 3.56. The third-order valence-corrected chi connectivity index (χ3v) is 3.40. The van der Waals surface area contributed by atoms with Gasteiger partial charge in [-0.05, 0) is 35.9 Å². The summed E-state index contributed by atoms with van der Waals surface area (Å²) in [7, 11) is 1.34. The number of rotatable bonds is 4. The van der Waals surface area contributed by atoms with Crippen LogP contribution < -0.4 is 10.6 Å². The molecule has 5 nitrogen and oxygen atoms in total. The zero-order chi connectivity index (χ0) is 15.9. The van der Waals surface area contributed by atoms with Gasteiger partial charge in [0.15, 0.2) is 0 Å². The number of esters is 1. The molecule has 0 saturated carbocycles. The first-order chi connectivity index (χ1) is 10.6. The molecule has 0 spiro atoms. The quantitative estimate of drug-likeness (QED) is 0.817. The fourth-order valence-electron chi connectivity index (χ4n) is 1.80. The second-order valence-electron chi connectivity index (χ2n) is 4.51. The summed E-state index contributed by atoms with van der Waals surface area (Å²) >= 11 is 3.34. The molecule has 6 heteroatoms. The predicted molar refractivity (Wildman–Crippen MR) is 87.8 cm³/mol. The zero-order valence-electron chi connectivity index (χ0n) is 11.9. The first kappa shape index (κ1) is 16.0. The zero-order valence-corrected chi connectivity index (χ0v) is 13.5. The Balaban J connectivity index is 1.87. The molecule has 0 aliphatic rings. The summed E-state index contributed by atoms with van der Waals surface area (Å²) in [5.41, 5.74) is 2.06. The highest BCUT2D eigenvalue weighted by atomic mass is 79.9. The molecule has 2 N–H and O–H groups in total. The van der Waals surface area contributed by atoms with E-state index in [0.29, 0.717) is 17.8 Å². The molecule has 0 aliphatic heterocycles. The molecule has 2 aromatic rings. The Kier molecular flexibility index (Phi) is 5.55. The number of hydrogen-bond donors (Lipinski definition) is 2. The second kappa shape index (κ2) is 7.61. The molecular formula is C16H15BrN2O3. The summed E-state index contributed by atoms with van der Waals surface area (Å²) in [6.45, 7) is 0.362. The number of ether oxygens (including phenoxy) is 1. The third-order valence-electron chi connectivity index (χ3n) is 2.91. The van der Waals surface area contributed by atoms with Gasteiger partial charge in [-0.3, -0.25) is 0 Å². The van der Waals surface area contributed by atoms with Crippen LogP contribution in [0.3, 0.4) is 0 Å². The molecule has 0 heterocycles. The molecule has 114 valence electrons. The molecule has 2 amide bonds. The van der Waals surface area contributed by atoms with Crippen molar-refractivity contribution in [3.8, 4) is 0 Å². The number of anilines is 1. The van der Waals surface area contributed by atoms with Gasteiger partial charge in [-0.15, -0.1) is 0 Å². The van der Waals surface area contributed by atoms with E-state index in [9.17, 15) is 9.59 Å². The van der Waals surface area contributed by atoms with E-state index in [-0.39, 0.29) is 12.0 Å². The maximum absolute atomic E-state index is 11.8. The van der Waals surface area contributed by atoms with Crippen molar-refractivity contribution in [2.45, 2.75) is 6.54 Å². The Morgan fingerprint density at radius 3 is 2.50 bits per heavy atom. The molecular weight excluding hydrogens is 348 g/mol. The van der Waals surface area contributed by atoms with Crippen LogP contribution in [0, 0.1) is 0 Å². The Morgan fingerprint density at radius 2 is 1.86 bits per heavy atom. The molecule has 22 heavy (non-hydrogen) atoms. The standard InChI is InChI=1S/C16H15BrN2O3/c1-22-15(20)12-7-5-11(6-8-12)10-18-16(21)19-14-4-2-3-13(17)9-14/h2-9H,10H2,1H3,(H2,18,19,21). The van der Waals surface area contributed by atoms with Crippen molar-refractivity contribution >= 4 is 33.6 Å². The van der Waals surface area contributed by atoms with E-state index in [1.807, 2.05) is 18.2 Å². The van der Waals surface area contributed by atoms with E-state index in [1.165, 1.54) is 7.11 Å². The molecule has 0 radical (unpaired) electrons. The molecule has 0 bridgehead atoms. The van der Waals surface area contributed by atoms with Crippen molar-refractivity contribution in [2.24, 2.45) is 0 Å². The number of amides is 2. The number of benzene rings is 2. The van der Waals surface area contributed by atoms with Gasteiger partial charge >= 0.3 is 12.0 Å². The smallest absolute Gasteiger partial charge is 0.337 e. The van der Waals surface area contributed by atoms with Crippen molar-refractivity contribution in [1.82, 2.24) is 5.32 Å². The molecule has 0 atom stereocenters. The van der Waals surface area contributed by atoms with Crippen LogP contribution in [0.1, 0.15) is 15.9 Å². The van der Waals surface area contributed by atoms with Crippen LogP contribution in [0.4, 0.5) is 10.5 Å². The van der Waals surface area contributed by atoms with Crippen molar-refractivity contribution in [2.75, 3.05) is 12.4 Å². The largest absolute Gasteiger partial charge is 0.465 e. The lowest BCUT2D eigenvalue weighted by atomic mass is 10.1. The summed E-state index contributed by atoms with van der Waals surface area (Å²) in [6, 6.07) is 13.9. The van der Waals surface area contributed by atoms with Gasteiger partial charge in [-0.2, -0.15) is 0 Å². The lowest BCUT2D eigenvalue weighted by molar-refractivity contribution is 0.0600. The molecule has 2 rings (SSSR count). The normalized spacial score (nSPS) is 9.91. The molecule has 0 fully saturated rings. The lowest BCUT2D eigenvalue weighted by Gasteiger charge is -2.08. The van der Waals surface area contributed by atoms with Gasteiger partial charge in [0.25, 0.3) is 0 Å². The van der Waals surface area contributed by atoms with Crippen LogP contribution in [0.25, 0.3) is 0 Å². The van der Waals surface area contributed by atoms with E-state index in [0.717, 1.165) is 10.0 Å². The van der Waals surface area contributed by atoms with Gasteiger partial charge < -0.3 is 15.4 Å². The van der Waals surface area contributed by atoms with Gasteiger partial charge in [0.1, 0.15) is 0 Å². The van der Waals surface area contributed by atoms with Crippen LogP contribution in [-0.2, 0) is 11.3 Å². The first-order valence-corrected chi connectivity index (χ1v) is 7.35. The fraction of sp³-hybridized carbons (Fsp3) is 0.125. The summed E-state index contributed by atoms with van der Waals surface area (Å²) in [6.07, 6.45) is 0. The highest BCUT2D eigenvalue weighted by Gasteiger charge is 2.05. The lowest BCUT2D eigenvalue weighted by Crippen LogP contribution is -2.28. The number of methoxy groups -OCH3 is 1. The van der Waals surface area contributed by atoms with Crippen molar-refractivity contribution in [1.29, 1.82) is 0 Å². The Labute approximate surface area is 136 Å². The van der Waals surface area contributed by atoms with Crippen LogP contribution in [0.2, 0.25) is 0 Å². The first-order valence-electron chi connectivity index (χ1n) is 6.56. The number of carbonyl (C=O) groups is 2. The number of halogens is 1. The Morgan fingerprint density at radius 1 is 1.14 bits per heavy atom. The minimum absolute atomic E-state index is 0.296. The van der Waals surface area contributed by atoms with Gasteiger partial charge in [0.05, 0.1) is 12.7 Å². The minimum atomic E-state index is -0.382. The van der Waals surface area contributed by atoms with Crippen LogP contribution in [0.5, 0.6) is 0 Å². The summed E-state index contributed by atoms with van der Waals surface area (Å²) in [5, 5.41) is 5.49. The summed E-state index contributed by atoms with van der Waals surface area (Å²) in [5.74, 6) is -0.382. The molecule has 0 aliphatic carbocycles. The Bertz CT molecular complexity index is 671. The van der Waals surface area contributed by atoms with Gasteiger partial charge in [-0.25, -0.2) is 9.59 Å². The van der Waals surface area contributed by atoms with Gasteiger partial charge in [-0.1, -0.05) is 34.1 Å². The van der Waals surface area contributed by atoms with E-state index in [4.69, 9.17) is 0 Å². The topological polar surface area (TPSA) is 67.4 Å². The molecule has 2 aromatic carbocycles. The molecule has 0 aromatic heterocycles. The maximum atomic E-state index is 11.8. The van der Waals surface area contributed by atoms with E-state index in [1.54, 1.807) is 30.3 Å². The van der Waals surface area contributed by atoms with E-state index < -0.39 is 0 Å².